The number of thioether (sulfide) groups is 1. The summed E-state index contributed by atoms with van der Waals surface area (Å²) in [6.45, 7) is 0. The number of nitrogens with zero attached hydrogens (tertiary/aromatic N) is 1. The molecular formula is C20H11Cl2NO2S2. The van der Waals surface area contributed by atoms with E-state index >= 15 is 0 Å². The van der Waals surface area contributed by atoms with Gasteiger partial charge in [-0.2, -0.15) is 0 Å². The summed E-state index contributed by atoms with van der Waals surface area (Å²) in [6, 6.07) is 18.2. The lowest BCUT2D eigenvalue weighted by atomic mass is 10.2. The van der Waals surface area contributed by atoms with Crippen LogP contribution in [0.25, 0.3) is 17.4 Å². The van der Waals surface area contributed by atoms with Crippen molar-refractivity contribution in [3.05, 3.63) is 81.4 Å². The molecule has 2 heterocycles. The lowest BCUT2D eigenvalue weighted by molar-refractivity contribution is 0.268. The average molecular weight is 432 g/mol. The molecule has 0 bridgehead atoms. The molecule has 1 aliphatic rings. The third-order valence-electron chi connectivity index (χ3n) is 3.86. The molecule has 4 rings (SSSR count). The summed E-state index contributed by atoms with van der Waals surface area (Å²) in [6.07, 6.45) is 1.77. The Morgan fingerprint density at radius 1 is 1.00 bits per heavy atom. The first-order valence-corrected chi connectivity index (χ1v) is 9.88. The van der Waals surface area contributed by atoms with E-state index in [4.69, 9.17) is 39.8 Å². The molecule has 3 nitrogen and oxygen atoms in total. The second-order valence-electron chi connectivity index (χ2n) is 5.71. The van der Waals surface area contributed by atoms with Gasteiger partial charge in [0.1, 0.15) is 16.5 Å². The van der Waals surface area contributed by atoms with Crippen LogP contribution in [0.3, 0.4) is 0 Å². The minimum Gasteiger partial charge on any atom is -0.457 e. The minimum atomic E-state index is -0.133. The molecule has 3 aromatic rings. The lowest BCUT2D eigenvalue weighted by Crippen LogP contribution is -2.26. The van der Waals surface area contributed by atoms with Gasteiger partial charge in [-0.15, -0.1) is 0 Å². The summed E-state index contributed by atoms with van der Waals surface area (Å²) in [4.78, 5) is 15.0. The smallest absolute Gasteiger partial charge is 0.296 e. The van der Waals surface area contributed by atoms with E-state index in [2.05, 4.69) is 0 Å². The molecule has 0 unspecified atom stereocenters. The van der Waals surface area contributed by atoms with Crippen LogP contribution >= 0.6 is 47.2 Å². The number of thiocarbonyl (C=S) groups is 1. The van der Waals surface area contributed by atoms with Crippen molar-refractivity contribution < 1.29 is 9.21 Å². The Labute approximate surface area is 175 Å². The molecule has 0 N–H and O–H groups in total. The maximum atomic E-state index is 12.4. The van der Waals surface area contributed by atoms with Crippen molar-refractivity contribution in [2.45, 2.75) is 0 Å². The Hall–Kier alpha value is -2.05. The molecule has 0 saturated carbocycles. The van der Waals surface area contributed by atoms with Crippen LogP contribution in [-0.2, 0) is 0 Å². The molecule has 1 aliphatic heterocycles. The number of hydrogen-bond acceptors (Lipinski definition) is 4. The SMILES string of the molecule is O=C1SC(=Cc2ccc(-c3cc(Cl)cc(Cl)c3)o2)C(=S)N1c1ccccc1. The Bertz CT molecular complexity index is 1060. The van der Waals surface area contributed by atoms with Crippen LogP contribution in [0, 0.1) is 0 Å². The summed E-state index contributed by atoms with van der Waals surface area (Å²) in [7, 11) is 0. The number of para-hydroxylation sites is 1. The van der Waals surface area contributed by atoms with Gasteiger partial charge in [-0.05, 0) is 60.3 Å². The molecule has 27 heavy (non-hydrogen) atoms. The van der Waals surface area contributed by atoms with Gasteiger partial charge in [-0.1, -0.05) is 53.6 Å². The van der Waals surface area contributed by atoms with E-state index in [-0.39, 0.29) is 5.24 Å². The maximum absolute atomic E-state index is 12.4. The zero-order valence-electron chi connectivity index (χ0n) is 13.7. The highest BCUT2D eigenvalue weighted by Crippen LogP contribution is 2.37. The van der Waals surface area contributed by atoms with Crippen LogP contribution in [-0.4, -0.2) is 10.2 Å². The number of rotatable bonds is 3. The van der Waals surface area contributed by atoms with E-state index in [1.54, 1.807) is 24.3 Å². The van der Waals surface area contributed by atoms with Crippen molar-refractivity contribution in [1.29, 1.82) is 0 Å². The third-order valence-corrected chi connectivity index (χ3v) is 5.71. The highest BCUT2D eigenvalue weighted by Gasteiger charge is 2.33. The number of anilines is 1. The summed E-state index contributed by atoms with van der Waals surface area (Å²) in [5.41, 5.74) is 1.53. The predicted molar refractivity (Wildman–Crippen MR) is 117 cm³/mol. The average Bonchev–Trinajstić information content (AvgIpc) is 3.20. The van der Waals surface area contributed by atoms with E-state index in [0.29, 0.717) is 31.5 Å². The van der Waals surface area contributed by atoms with Gasteiger partial charge in [0, 0.05) is 15.6 Å². The first kappa shape index (κ1) is 18.3. The maximum Gasteiger partial charge on any atom is 0.296 e. The van der Waals surface area contributed by atoms with Gasteiger partial charge < -0.3 is 4.42 Å². The number of amides is 1. The zero-order chi connectivity index (χ0) is 19.0. The fraction of sp³-hybridized carbons (Fsp3) is 0. The van der Waals surface area contributed by atoms with Crippen LogP contribution in [0.4, 0.5) is 10.5 Å². The number of carbonyl (C=O) groups is 1. The molecule has 1 amide bonds. The van der Waals surface area contributed by atoms with Crippen LogP contribution in [0.2, 0.25) is 10.0 Å². The number of benzene rings is 2. The third kappa shape index (κ3) is 3.82. The van der Waals surface area contributed by atoms with Crippen molar-refractivity contribution in [1.82, 2.24) is 0 Å². The summed E-state index contributed by atoms with van der Waals surface area (Å²) >= 11 is 18.7. The van der Waals surface area contributed by atoms with Gasteiger partial charge in [-0.3, -0.25) is 9.69 Å². The zero-order valence-corrected chi connectivity index (χ0v) is 16.8. The molecule has 1 aromatic heterocycles. The van der Waals surface area contributed by atoms with Gasteiger partial charge in [0.15, 0.2) is 0 Å². The molecule has 2 aromatic carbocycles. The van der Waals surface area contributed by atoms with Crippen LogP contribution in [0.1, 0.15) is 5.76 Å². The molecule has 1 fully saturated rings. The first-order chi connectivity index (χ1) is 13.0. The van der Waals surface area contributed by atoms with E-state index in [9.17, 15) is 4.79 Å². The monoisotopic (exact) mass is 431 g/mol. The molecule has 134 valence electrons. The molecule has 0 aliphatic carbocycles. The Balaban J connectivity index is 1.62. The molecule has 7 heteroatoms. The fourth-order valence-corrected chi connectivity index (χ4v) is 4.46. The largest absolute Gasteiger partial charge is 0.457 e. The number of halogens is 2. The predicted octanol–water partition coefficient (Wildman–Crippen LogP) is 7.30. The highest BCUT2D eigenvalue weighted by molar-refractivity contribution is 8.20. The van der Waals surface area contributed by atoms with Gasteiger partial charge in [0.05, 0.1) is 10.6 Å². The first-order valence-electron chi connectivity index (χ1n) is 7.90. The second kappa shape index (κ2) is 7.52. The Kier molecular flexibility index (Phi) is 5.10. The van der Waals surface area contributed by atoms with Crippen molar-refractivity contribution >= 4 is 69.2 Å². The molecule has 1 saturated heterocycles. The van der Waals surface area contributed by atoms with Crippen LogP contribution in [0.15, 0.2) is 70.0 Å². The highest BCUT2D eigenvalue weighted by atomic mass is 35.5. The summed E-state index contributed by atoms with van der Waals surface area (Å²) in [5, 5.41) is 0.932. The van der Waals surface area contributed by atoms with Crippen molar-refractivity contribution in [3.63, 3.8) is 0 Å². The van der Waals surface area contributed by atoms with Gasteiger partial charge in [0.2, 0.25) is 0 Å². The van der Waals surface area contributed by atoms with Crippen LogP contribution in [0.5, 0.6) is 0 Å². The number of carbonyl (C=O) groups excluding carboxylic acids is 1. The molecular weight excluding hydrogens is 421 g/mol. The quantitative estimate of drug-likeness (QED) is 0.321. The van der Waals surface area contributed by atoms with Crippen molar-refractivity contribution in [2.75, 3.05) is 4.90 Å². The fourth-order valence-electron chi connectivity index (χ4n) is 2.68. The standard InChI is InChI=1S/C20H11Cl2NO2S2/c21-13-8-12(9-14(22)10-13)17-7-6-16(25-17)11-18-19(26)23(20(24)27-18)15-4-2-1-3-5-15/h1-11H. The van der Waals surface area contributed by atoms with E-state index in [1.807, 2.05) is 42.5 Å². The lowest BCUT2D eigenvalue weighted by Gasteiger charge is -2.14. The van der Waals surface area contributed by atoms with Gasteiger partial charge in [-0.25, -0.2) is 0 Å². The van der Waals surface area contributed by atoms with Gasteiger partial charge in [0.25, 0.3) is 5.24 Å². The second-order valence-corrected chi connectivity index (χ2v) is 7.97. The molecule has 0 radical (unpaired) electrons. The van der Waals surface area contributed by atoms with Crippen molar-refractivity contribution in [2.24, 2.45) is 0 Å². The molecule has 0 spiro atoms. The normalized spacial score (nSPS) is 15.8. The number of furan rings is 1. The Morgan fingerprint density at radius 2 is 1.70 bits per heavy atom. The number of hydrogen-bond donors (Lipinski definition) is 0. The minimum absolute atomic E-state index is 0.133. The van der Waals surface area contributed by atoms with E-state index < -0.39 is 0 Å². The van der Waals surface area contributed by atoms with Crippen molar-refractivity contribution in [3.8, 4) is 11.3 Å². The van der Waals surface area contributed by atoms with Crippen LogP contribution < -0.4 is 4.90 Å². The molecule has 0 atom stereocenters. The summed E-state index contributed by atoms with van der Waals surface area (Å²) in [5.74, 6) is 1.22. The van der Waals surface area contributed by atoms with Gasteiger partial charge >= 0.3 is 0 Å². The Morgan fingerprint density at radius 3 is 2.41 bits per heavy atom. The van der Waals surface area contributed by atoms with E-state index in [0.717, 1.165) is 23.0 Å². The topological polar surface area (TPSA) is 33.5 Å². The summed E-state index contributed by atoms with van der Waals surface area (Å²) < 4.78 is 5.87. The van der Waals surface area contributed by atoms with E-state index in [1.165, 1.54) is 4.90 Å².